The van der Waals surface area contributed by atoms with E-state index in [4.69, 9.17) is 45.1 Å². The van der Waals surface area contributed by atoms with E-state index in [0.29, 0.717) is 105 Å². The summed E-state index contributed by atoms with van der Waals surface area (Å²) in [4.78, 5) is 130. The van der Waals surface area contributed by atoms with Gasteiger partial charge in [0.25, 0.3) is 17.7 Å². The molecule has 4 atom stereocenters. The minimum absolute atomic E-state index is 0.00695. The lowest BCUT2D eigenvalue weighted by Gasteiger charge is -2.26. The number of amides is 6. The number of esters is 1. The molecule has 0 radical (unpaired) electrons. The molecule has 10 bridgehead atoms. The number of methoxy groups -OCH3 is 1. The van der Waals surface area contributed by atoms with Gasteiger partial charge in [0, 0.05) is 59.5 Å². The number of carbonyl (C=O) groups is 7. The summed E-state index contributed by atoms with van der Waals surface area (Å²) in [6.45, 7) is 6.69. The topological polar surface area (TPSA) is 326 Å². The number of thiazole rings is 6. The van der Waals surface area contributed by atoms with E-state index in [1.165, 1.54) is 77.8 Å². The van der Waals surface area contributed by atoms with Crippen molar-refractivity contribution < 1.29 is 43.0 Å². The number of nitrogens with zero attached hydrogens (tertiary/aromatic N) is 7. The number of aromatic nitrogens is 7. The Labute approximate surface area is 499 Å². The van der Waals surface area contributed by atoms with Crippen LogP contribution in [0.4, 0.5) is 5.82 Å². The van der Waals surface area contributed by atoms with Crippen molar-refractivity contribution in [2.24, 2.45) is 11.7 Å². The summed E-state index contributed by atoms with van der Waals surface area (Å²) in [5.74, 6) is -3.59. The molecular weight excluding hydrogens is 1180 g/mol. The number of hydrogen-bond donors (Lipinski definition) is 7. The second kappa shape index (κ2) is 27.2. The van der Waals surface area contributed by atoms with Crippen molar-refractivity contribution in [2.45, 2.75) is 84.2 Å². The minimum Gasteiger partial charge on any atom is -0.455 e. The largest absolute Gasteiger partial charge is 0.455 e. The molecule has 8 heterocycles. The zero-order valence-corrected chi connectivity index (χ0v) is 50.4. The van der Waals surface area contributed by atoms with Crippen molar-refractivity contribution >= 4 is 115 Å². The van der Waals surface area contributed by atoms with Crippen LogP contribution >= 0.6 is 68.0 Å². The maximum Gasteiger partial charge on any atom is 0.303 e. The monoisotopic (exact) mass is 1240 g/mol. The molecule has 0 unspecified atom stereocenters. The third-order valence-corrected chi connectivity index (χ3v) is 18.4. The van der Waals surface area contributed by atoms with Gasteiger partial charge in [0.15, 0.2) is 6.10 Å². The maximum atomic E-state index is 14.3. The van der Waals surface area contributed by atoms with Crippen molar-refractivity contribution in [3.8, 4) is 43.4 Å². The van der Waals surface area contributed by atoms with Gasteiger partial charge < -0.3 is 47.1 Å². The second-order valence-electron chi connectivity index (χ2n) is 19.1. The van der Waals surface area contributed by atoms with Gasteiger partial charge in [-0.05, 0) is 49.9 Å². The van der Waals surface area contributed by atoms with Crippen LogP contribution in [0, 0.1) is 12.8 Å². The lowest BCUT2D eigenvalue weighted by atomic mass is 10.0. The molecule has 83 heavy (non-hydrogen) atoms. The van der Waals surface area contributed by atoms with Gasteiger partial charge in [-0.2, -0.15) is 0 Å². The van der Waals surface area contributed by atoms with Crippen molar-refractivity contribution in [1.29, 1.82) is 0 Å². The normalized spacial score (nSPS) is 16.3. The van der Waals surface area contributed by atoms with E-state index in [-0.39, 0.29) is 41.9 Å². The molecule has 0 saturated heterocycles. The van der Waals surface area contributed by atoms with Crippen molar-refractivity contribution in [2.75, 3.05) is 32.6 Å². The molecule has 6 amide bonds. The van der Waals surface area contributed by atoms with E-state index in [9.17, 15) is 33.6 Å². The smallest absolute Gasteiger partial charge is 0.303 e. The van der Waals surface area contributed by atoms with E-state index >= 15 is 0 Å². The fraction of sp³-hybridized carbons (Fsp3) is 0.333. The Kier molecular flexibility index (Phi) is 19.6. The van der Waals surface area contributed by atoms with Crippen molar-refractivity contribution in [1.82, 2.24) is 61.5 Å². The Balaban J connectivity index is 1.14. The second-order valence-corrected chi connectivity index (χ2v) is 24.9. The number of carbonyl (C=O) groups excluding carboxylic acids is 7. The number of benzene rings is 1. The standard InChI is InChI=1S/C54H56N14O9S6/c1-25(2)40-54-68-43(35(83-54)20-76-6)47(74)57-19-39(72)65-44(45(77-27(4)69)28-12-8-7-9-13-28)53-62-34(23-80-53)51-60-32(21-79-51)42-29(15-16-30(58-42)50-64-36(24-81-50)63-37(70)14-10-11-17-55)49-61-33(22-78-49)46(73)59-31(18-38(71)56-5)52-67-41(26(3)82-52)48(75)66-40/h7-9,12-13,15-16,21-25,31,40,44-45H,10-11,14,17-20,55H2,1-6H3,(H,56,71)(H,57,74)(H,59,73)(H,63,70)(H,65,72)(H,66,75)/t31-,40-,44-,45-/m0/s1. The number of rotatable bonds is 14. The molecule has 29 heteroatoms. The number of hydrogen-bond acceptors (Lipinski definition) is 23. The first-order valence-corrected chi connectivity index (χ1v) is 31.1. The third-order valence-electron chi connectivity index (χ3n) is 12.6. The van der Waals surface area contributed by atoms with Crippen LogP contribution in [0.1, 0.15) is 132 Å². The number of unbranched alkanes of at least 4 members (excludes halogenated alkanes) is 1. The minimum atomic E-state index is -1.07. The Hall–Kier alpha value is -7.64. The lowest BCUT2D eigenvalue weighted by molar-refractivity contribution is -0.149. The average molecular weight is 1240 g/mol. The van der Waals surface area contributed by atoms with Gasteiger partial charge >= 0.3 is 5.97 Å². The van der Waals surface area contributed by atoms with Crippen LogP contribution in [-0.2, 0) is 35.3 Å². The maximum absolute atomic E-state index is 14.3. The van der Waals surface area contributed by atoms with Crippen molar-refractivity contribution in [3.63, 3.8) is 0 Å². The quantitative estimate of drug-likeness (QED) is 0.0401. The number of nitrogens with two attached hydrogens (primary N) is 1. The molecule has 7 aromatic heterocycles. The highest BCUT2D eigenvalue weighted by molar-refractivity contribution is 7.15. The van der Waals surface area contributed by atoms with E-state index in [0.717, 1.165) is 11.3 Å². The van der Waals surface area contributed by atoms with Crippen LogP contribution in [-0.4, -0.2) is 104 Å². The predicted octanol–water partition coefficient (Wildman–Crippen LogP) is 7.95. The molecule has 0 fully saturated rings. The number of anilines is 1. The van der Waals surface area contributed by atoms with Gasteiger partial charge in [-0.25, -0.2) is 34.9 Å². The highest BCUT2D eigenvalue weighted by Crippen LogP contribution is 2.41. The molecule has 23 nitrogen and oxygen atoms in total. The zero-order chi connectivity index (χ0) is 58.9. The van der Waals surface area contributed by atoms with Crippen LogP contribution in [0.25, 0.3) is 43.4 Å². The molecule has 8 aromatic rings. The van der Waals surface area contributed by atoms with Crippen LogP contribution in [0.5, 0.6) is 0 Å². The highest BCUT2D eigenvalue weighted by Gasteiger charge is 2.34. The molecule has 432 valence electrons. The summed E-state index contributed by atoms with van der Waals surface area (Å²) in [6.07, 6.45) is 0.359. The Morgan fingerprint density at radius 1 is 0.699 bits per heavy atom. The molecule has 8 N–H and O–H groups in total. The van der Waals surface area contributed by atoms with Crippen LogP contribution in [0.2, 0.25) is 0 Å². The summed E-state index contributed by atoms with van der Waals surface area (Å²) in [5, 5.41) is 26.4. The van der Waals surface area contributed by atoms with Crippen LogP contribution in [0.3, 0.4) is 0 Å². The van der Waals surface area contributed by atoms with Gasteiger partial charge in [0.1, 0.15) is 76.1 Å². The predicted molar refractivity (Wildman–Crippen MR) is 318 cm³/mol. The molecular formula is C54H56N14O9S6. The van der Waals surface area contributed by atoms with E-state index < -0.39 is 66.3 Å². The molecule has 1 aliphatic rings. The van der Waals surface area contributed by atoms with Gasteiger partial charge in [0.2, 0.25) is 17.7 Å². The molecule has 0 spiro atoms. The summed E-state index contributed by atoms with van der Waals surface area (Å²) in [5.41, 5.74) is 8.47. The average Bonchev–Trinajstić information content (AvgIpc) is 4.52. The third kappa shape index (κ3) is 14.4. The fourth-order valence-electron chi connectivity index (χ4n) is 8.58. The number of nitrogens with one attached hydrogen (secondary N) is 6. The first kappa shape index (κ1) is 60.0. The Morgan fingerprint density at radius 2 is 1.42 bits per heavy atom. The van der Waals surface area contributed by atoms with Gasteiger partial charge in [0.05, 0.1) is 42.2 Å². The van der Waals surface area contributed by atoms with E-state index in [1.54, 1.807) is 70.9 Å². The SMILES string of the molecule is CNC(=O)C[C@@H]1NC(=O)c2csc(n2)-c2ccc(-c3nc(NC(=O)CCCCN)cs3)nc2-c2csc(n2)-c2csc(n2)[C@H]([C@@H](OC(C)=O)c2ccccc2)NC(=O)CNC(=O)c2nc(sc2COC)[C@H](C(C)C)NC(=O)c2nc1sc2C. The first-order valence-electron chi connectivity index (χ1n) is 25.9. The summed E-state index contributed by atoms with van der Waals surface area (Å²) in [7, 11) is 2.94. The molecule has 9 rings (SSSR count). The summed E-state index contributed by atoms with van der Waals surface area (Å²) in [6, 6.07) is 9.66. The van der Waals surface area contributed by atoms with Crippen LogP contribution < -0.4 is 37.6 Å². The highest BCUT2D eigenvalue weighted by atomic mass is 32.1. The van der Waals surface area contributed by atoms with E-state index in [1.807, 2.05) is 13.8 Å². The van der Waals surface area contributed by atoms with Crippen molar-refractivity contribution in [3.05, 3.63) is 111 Å². The Bertz CT molecular complexity index is 3680. The number of fused-ring (bicyclic) bond motifs is 14. The summed E-state index contributed by atoms with van der Waals surface area (Å²) < 4.78 is 11.4. The Morgan fingerprint density at radius 3 is 2.17 bits per heavy atom. The zero-order valence-electron chi connectivity index (χ0n) is 45.5. The summed E-state index contributed by atoms with van der Waals surface area (Å²) >= 11 is 7.24. The molecule has 0 saturated carbocycles. The fourth-order valence-corrected chi connectivity index (χ4v) is 14.1. The van der Waals surface area contributed by atoms with Crippen LogP contribution in [0.15, 0.2) is 64.0 Å². The number of aryl methyl sites for hydroxylation is 1. The molecule has 0 aliphatic carbocycles. The number of ether oxygens (including phenoxy) is 2. The first-order chi connectivity index (χ1) is 40.0. The van der Waals surface area contributed by atoms with Gasteiger partial charge in [-0.1, -0.05) is 44.2 Å². The van der Waals surface area contributed by atoms with E-state index in [2.05, 4.69) is 36.9 Å². The van der Waals surface area contributed by atoms with Gasteiger partial charge in [-0.3, -0.25) is 33.6 Å². The number of pyridine rings is 1. The van der Waals surface area contributed by atoms with Gasteiger partial charge in [-0.15, -0.1) is 68.0 Å². The lowest BCUT2D eigenvalue weighted by Crippen LogP contribution is -2.41. The molecule has 1 aliphatic heterocycles. The molecule has 1 aromatic carbocycles.